The van der Waals surface area contributed by atoms with Crippen LogP contribution in [0.15, 0.2) is 40.8 Å². The highest BCUT2D eigenvalue weighted by Crippen LogP contribution is 2.25. The quantitative estimate of drug-likeness (QED) is 0.846. The molecule has 0 spiro atoms. The van der Waals surface area contributed by atoms with Gasteiger partial charge in [-0.2, -0.15) is 0 Å². The van der Waals surface area contributed by atoms with Gasteiger partial charge in [0.1, 0.15) is 17.3 Å². The molecule has 2 heterocycles. The minimum atomic E-state index is -0.308. The lowest BCUT2D eigenvalue weighted by molar-refractivity contribution is -0.122. The van der Waals surface area contributed by atoms with Gasteiger partial charge in [0.15, 0.2) is 0 Å². The van der Waals surface area contributed by atoms with E-state index in [1.807, 2.05) is 6.07 Å². The molecule has 0 saturated carbocycles. The first-order valence-electron chi connectivity index (χ1n) is 9.71. The summed E-state index contributed by atoms with van der Waals surface area (Å²) in [6, 6.07) is 10.4. The average Bonchev–Trinajstić information content (AvgIpc) is 3.09. The number of amides is 1. The summed E-state index contributed by atoms with van der Waals surface area (Å²) in [6.07, 6.45) is 2.87. The van der Waals surface area contributed by atoms with Crippen molar-refractivity contribution in [2.75, 3.05) is 13.1 Å². The molecule has 1 fully saturated rings. The zero-order chi connectivity index (χ0) is 19.4. The molecule has 0 unspecified atom stereocenters. The number of rotatable bonds is 5. The number of furan rings is 1. The van der Waals surface area contributed by atoms with Crippen LogP contribution in [0.4, 0.5) is 4.39 Å². The molecule has 5 heteroatoms. The monoisotopic (exact) mass is 372 g/mol. The van der Waals surface area contributed by atoms with E-state index < -0.39 is 0 Å². The van der Waals surface area contributed by atoms with Gasteiger partial charge in [-0.1, -0.05) is 12.1 Å². The fourth-order valence-corrected chi connectivity index (χ4v) is 3.55. The molecule has 0 bridgehead atoms. The molecule has 146 valence electrons. The Balaban J connectivity index is 1.46. The first-order chi connectivity index (χ1) is 12.8. The molecular weight excluding hydrogens is 343 g/mol. The minimum Gasteiger partial charge on any atom is -0.461 e. The van der Waals surface area contributed by atoms with Crippen molar-refractivity contribution in [2.45, 2.75) is 58.0 Å². The number of hydrogen-bond acceptors (Lipinski definition) is 3. The molecule has 0 atom stereocenters. The zero-order valence-electron chi connectivity index (χ0n) is 16.4. The summed E-state index contributed by atoms with van der Waals surface area (Å²) in [6.45, 7) is 8.71. The van der Waals surface area contributed by atoms with Crippen molar-refractivity contribution in [3.8, 4) is 11.3 Å². The highest BCUT2D eigenvalue weighted by molar-refractivity contribution is 5.76. The molecule has 1 aromatic heterocycles. The van der Waals surface area contributed by atoms with E-state index >= 15 is 0 Å². The molecule has 1 saturated heterocycles. The Morgan fingerprint density at radius 1 is 1.19 bits per heavy atom. The van der Waals surface area contributed by atoms with Gasteiger partial charge in [-0.25, -0.2) is 4.39 Å². The summed E-state index contributed by atoms with van der Waals surface area (Å²) in [4.78, 5) is 14.7. The molecule has 1 N–H and O–H groups in total. The molecule has 0 aliphatic carbocycles. The SMILES string of the molecule is CC(C)(C)N1CCC(NC(=O)CCc2ccc(-c3ccccc3F)o2)CC1. The molecule has 1 aliphatic rings. The molecular formula is C22H29FN2O2. The number of benzene rings is 1. The maximum absolute atomic E-state index is 13.8. The highest BCUT2D eigenvalue weighted by Gasteiger charge is 2.27. The van der Waals surface area contributed by atoms with E-state index in [9.17, 15) is 9.18 Å². The maximum atomic E-state index is 13.8. The summed E-state index contributed by atoms with van der Waals surface area (Å²) in [7, 11) is 0. The van der Waals surface area contributed by atoms with Gasteiger partial charge in [-0.15, -0.1) is 0 Å². The largest absolute Gasteiger partial charge is 0.461 e. The minimum absolute atomic E-state index is 0.0491. The normalized spacial score (nSPS) is 16.4. The van der Waals surface area contributed by atoms with E-state index in [0.717, 1.165) is 25.9 Å². The third-order valence-corrected chi connectivity index (χ3v) is 5.21. The van der Waals surface area contributed by atoms with E-state index in [-0.39, 0.29) is 23.3 Å². The van der Waals surface area contributed by atoms with E-state index in [0.29, 0.717) is 29.9 Å². The maximum Gasteiger partial charge on any atom is 0.220 e. The van der Waals surface area contributed by atoms with Crippen LogP contribution in [0.1, 0.15) is 45.8 Å². The van der Waals surface area contributed by atoms with Crippen LogP contribution < -0.4 is 5.32 Å². The van der Waals surface area contributed by atoms with E-state index in [1.165, 1.54) is 6.07 Å². The standard InChI is InChI=1S/C22H29FN2O2/c1-22(2,3)25-14-12-16(13-15-25)24-21(26)11-9-17-8-10-20(27-17)18-6-4-5-7-19(18)23/h4-8,10,16H,9,11-15H2,1-3H3,(H,24,26). The number of nitrogens with zero attached hydrogens (tertiary/aromatic N) is 1. The predicted octanol–water partition coefficient (Wildman–Crippen LogP) is 4.40. The lowest BCUT2D eigenvalue weighted by Crippen LogP contribution is -2.50. The summed E-state index contributed by atoms with van der Waals surface area (Å²) in [5.41, 5.74) is 0.628. The summed E-state index contributed by atoms with van der Waals surface area (Å²) in [5.74, 6) is 0.940. The topological polar surface area (TPSA) is 45.5 Å². The Labute approximate surface area is 160 Å². The van der Waals surface area contributed by atoms with Crippen molar-refractivity contribution in [3.63, 3.8) is 0 Å². The fraction of sp³-hybridized carbons (Fsp3) is 0.500. The van der Waals surface area contributed by atoms with Crippen molar-refractivity contribution in [3.05, 3.63) is 48.0 Å². The van der Waals surface area contributed by atoms with E-state index in [1.54, 1.807) is 24.3 Å². The van der Waals surface area contributed by atoms with Crippen LogP contribution in [0.2, 0.25) is 0 Å². The second-order valence-corrected chi connectivity index (χ2v) is 8.25. The second kappa shape index (κ2) is 8.26. The zero-order valence-corrected chi connectivity index (χ0v) is 16.4. The Bertz CT molecular complexity index is 771. The molecule has 27 heavy (non-hydrogen) atoms. The molecule has 1 aliphatic heterocycles. The number of carbonyl (C=O) groups is 1. The van der Waals surface area contributed by atoms with Gasteiger partial charge in [0.2, 0.25) is 5.91 Å². The third-order valence-electron chi connectivity index (χ3n) is 5.21. The highest BCUT2D eigenvalue weighted by atomic mass is 19.1. The van der Waals surface area contributed by atoms with Gasteiger partial charge in [0.25, 0.3) is 0 Å². The van der Waals surface area contributed by atoms with Crippen molar-refractivity contribution < 1.29 is 13.6 Å². The lowest BCUT2D eigenvalue weighted by Gasteiger charge is -2.41. The molecule has 2 aromatic rings. The number of aryl methyl sites for hydroxylation is 1. The average molecular weight is 372 g/mol. The summed E-state index contributed by atoms with van der Waals surface area (Å²) >= 11 is 0. The fourth-order valence-electron chi connectivity index (χ4n) is 3.55. The van der Waals surface area contributed by atoms with Crippen LogP contribution in [0.25, 0.3) is 11.3 Å². The van der Waals surface area contributed by atoms with Gasteiger partial charge in [0, 0.05) is 37.5 Å². The first kappa shape index (κ1) is 19.6. The van der Waals surface area contributed by atoms with E-state index in [2.05, 4.69) is 31.0 Å². The third kappa shape index (κ3) is 5.19. The smallest absolute Gasteiger partial charge is 0.220 e. The van der Waals surface area contributed by atoms with Crippen LogP contribution in [0, 0.1) is 5.82 Å². The van der Waals surface area contributed by atoms with Gasteiger partial charge >= 0.3 is 0 Å². The van der Waals surface area contributed by atoms with Crippen molar-refractivity contribution >= 4 is 5.91 Å². The lowest BCUT2D eigenvalue weighted by atomic mass is 9.98. The first-order valence-corrected chi connectivity index (χ1v) is 9.71. The van der Waals surface area contributed by atoms with Crippen LogP contribution in [-0.2, 0) is 11.2 Å². The summed E-state index contributed by atoms with van der Waals surface area (Å²) in [5, 5.41) is 3.14. The van der Waals surface area contributed by atoms with Crippen molar-refractivity contribution in [2.24, 2.45) is 0 Å². The number of hydrogen-bond donors (Lipinski definition) is 1. The number of nitrogens with one attached hydrogen (secondary N) is 1. The van der Waals surface area contributed by atoms with Gasteiger partial charge in [-0.05, 0) is 57.9 Å². The van der Waals surface area contributed by atoms with Gasteiger partial charge in [-0.3, -0.25) is 9.69 Å². The molecule has 3 rings (SSSR count). The van der Waals surface area contributed by atoms with Crippen molar-refractivity contribution in [1.82, 2.24) is 10.2 Å². The predicted molar refractivity (Wildman–Crippen MR) is 105 cm³/mol. The molecule has 1 aromatic carbocycles. The van der Waals surface area contributed by atoms with Crippen LogP contribution >= 0.6 is 0 Å². The van der Waals surface area contributed by atoms with Crippen LogP contribution in [0.5, 0.6) is 0 Å². The Morgan fingerprint density at radius 2 is 1.89 bits per heavy atom. The number of halogens is 1. The van der Waals surface area contributed by atoms with Crippen LogP contribution in [0.3, 0.4) is 0 Å². The Hall–Kier alpha value is -2.14. The molecule has 1 amide bonds. The van der Waals surface area contributed by atoms with E-state index in [4.69, 9.17) is 4.42 Å². The van der Waals surface area contributed by atoms with Crippen LogP contribution in [-0.4, -0.2) is 35.5 Å². The number of piperidine rings is 1. The number of carbonyl (C=O) groups excluding carboxylic acids is 1. The number of likely N-dealkylation sites (tertiary alicyclic amines) is 1. The Morgan fingerprint density at radius 3 is 2.56 bits per heavy atom. The van der Waals surface area contributed by atoms with Gasteiger partial charge < -0.3 is 9.73 Å². The molecule has 4 nitrogen and oxygen atoms in total. The molecule has 0 radical (unpaired) electrons. The summed E-state index contributed by atoms with van der Waals surface area (Å²) < 4.78 is 19.5. The van der Waals surface area contributed by atoms with Gasteiger partial charge in [0.05, 0.1) is 5.56 Å². The second-order valence-electron chi connectivity index (χ2n) is 8.25. The Kier molecular flexibility index (Phi) is 6.00. The van der Waals surface area contributed by atoms with Crippen molar-refractivity contribution in [1.29, 1.82) is 0 Å².